The maximum Gasteiger partial charge on any atom is 0.490 e. The van der Waals surface area contributed by atoms with E-state index in [0.29, 0.717) is 17.3 Å². The largest absolute Gasteiger partial charge is 0.490 e. The van der Waals surface area contributed by atoms with E-state index in [0.717, 1.165) is 11.6 Å². The Morgan fingerprint density at radius 1 is 1.23 bits per heavy atom. The van der Waals surface area contributed by atoms with E-state index in [1.54, 1.807) is 0 Å². The summed E-state index contributed by atoms with van der Waals surface area (Å²) < 4.78 is 31.7. The van der Waals surface area contributed by atoms with Gasteiger partial charge in [-0.25, -0.2) is 9.78 Å². The zero-order valence-electron chi connectivity index (χ0n) is 11.8. The Hall–Kier alpha value is -1.64. The lowest BCUT2D eigenvalue weighted by molar-refractivity contribution is -0.192. The predicted octanol–water partition coefficient (Wildman–Crippen LogP) is 1.78. The van der Waals surface area contributed by atoms with Crippen LogP contribution in [-0.2, 0) is 4.79 Å². The molecule has 0 aromatic carbocycles. The van der Waals surface area contributed by atoms with Crippen molar-refractivity contribution in [3.8, 4) is 0 Å². The second-order valence-corrected chi connectivity index (χ2v) is 6.36. The molecule has 2 saturated carbocycles. The first kappa shape index (κ1) is 15.3. The van der Waals surface area contributed by atoms with E-state index in [1.165, 1.54) is 38.8 Å². The summed E-state index contributed by atoms with van der Waals surface area (Å²) in [6.45, 7) is 2.43. The van der Waals surface area contributed by atoms with Gasteiger partial charge < -0.3 is 10.4 Å². The molecule has 1 aromatic heterocycles. The average molecular weight is 318 g/mol. The van der Waals surface area contributed by atoms with Crippen molar-refractivity contribution in [3.63, 3.8) is 0 Å². The summed E-state index contributed by atoms with van der Waals surface area (Å²) in [5.74, 6) is 0.793. The van der Waals surface area contributed by atoms with Crippen LogP contribution in [0.2, 0.25) is 0 Å². The number of carbonyl (C=O) groups is 1. The van der Waals surface area contributed by atoms with Crippen molar-refractivity contribution in [2.45, 2.75) is 43.7 Å². The van der Waals surface area contributed by atoms with Gasteiger partial charge in [0.1, 0.15) is 5.82 Å². The van der Waals surface area contributed by atoms with Gasteiger partial charge in [-0.3, -0.25) is 5.10 Å². The third-order valence-electron chi connectivity index (χ3n) is 4.45. The molecule has 122 valence electrons. The number of aromatic amines is 1. The van der Waals surface area contributed by atoms with Gasteiger partial charge in [0.15, 0.2) is 5.82 Å². The van der Waals surface area contributed by atoms with E-state index in [2.05, 4.69) is 20.5 Å². The second-order valence-electron chi connectivity index (χ2n) is 6.36. The molecule has 1 spiro atoms. The molecule has 22 heavy (non-hydrogen) atoms. The number of halogens is 3. The number of carboxylic acids is 1. The van der Waals surface area contributed by atoms with E-state index < -0.39 is 12.1 Å². The Kier molecular flexibility index (Phi) is 3.62. The summed E-state index contributed by atoms with van der Waals surface area (Å²) in [6, 6.07) is 0. The molecule has 6 nitrogen and oxygen atoms in total. The Morgan fingerprint density at radius 2 is 1.82 bits per heavy atom. The number of hydrogen-bond acceptors (Lipinski definition) is 4. The smallest absolute Gasteiger partial charge is 0.475 e. The van der Waals surface area contributed by atoms with Crippen LogP contribution < -0.4 is 5.32 Å². The molecule has 4 rings (SSSR count). The van der Waals surface area contributed by atoms with Crippen LogP contribution in [0.25, 0.3) is 0 Å². The van der Waals surface area contributed by atoms with E-state index in [4.69, 9.17) is 9.90 Å². The lowest BCUT2D eigenvalue weighted by Crippen LogP contribution is -2.59. The highest BCUT2D eigenvalue weighted by molar-refractivity contribution is 5.73. The fourth-order valence-corrected chi connectivity index (χ4v) is 2.94. The molecule has 0 unspecified atom stereocenters. The molecule has 1 aliphatic heterocycles. The van der Waals surface area contributed by atoms with Gasteiger partial charge in [0.25, 0.3) is 0 Å². The van der Waals surface area contributed by atoms with Crippen LogP contribution >= 0.6 is 0 Å². The summed E-state index contributed by atoms with van der Waals surface area (Å²) in [5, 5.41) is 17.9. The summed E-state index contributed by atoms with van der Waals surface area (Å²) in [6.07, 6.45) is 0.101. The van der Waals surface area contributed by atoms with Gasteiger partial charge in [-0.1, -0.05) is 0 Å². The number of alkyl halides is 3. The quantitative estimate of drug-likeness (QED) is 0.773. The minimum Gasteiger partial charge on any atom is -0.475 e. The summed E-state index contributed by atoms with van der Waals surface area (Å²) >= 11 is 0. The molecular weight excluding hydrogens is 301 g/mol. The topological polar surface area (TPSA) is 90.9 Å². The number of aliphatic carboxylic acids is 1. The zero-order valence-corrected chi connectivity index (χ0v) is 11.8. The minimum atomic E-state index is -5.08. The molecule has 1 aromatic rings. The van der Waals surface area contributed by atoms with E-state index in [-0.39, 0.29) is 0 Å². The number of nitrogens with one attached hydrogen (secondary N) is 2. The number of rotatable bonds is 2. The van der Waals surface area contributed by atoms with Crippen LogP contribution in [0.3, 0.4) is 0 Å². The highest BCUT2D eigenvalue weighted by Crippen LogP contribution is 2.52. The normalized spacial score (nSPS) is 23.2. The fourth-order valence-electron chi connectivity index (χ4n) is 2.94. The molecule has 0 radical (unpaired) electrons. The fraction of sp³-hybridized carbons (Fsp3) is 0.769. The molecule has 0 atom stereocenters. The van der Waals surface area contributed by atoms with Crippen molar-refractivity contribution in [2.75, 3.05) is 13.1 Å². The first-order valence-corrected chi connectivity index (χ1v) is 7.22. The van der Waals surface area contributed by atoms with Gasteiger partial charge in [0.2, 0.25) is 0 Å². The number of hydrogen-bond donors (Lipinski definition) is 3. The Balaban J connectivity index is 0.000000178. The van der Waals surface area contributed by atoms with E-state index in [1.807, 2.05) is 0 Å². The van der Waals surface area contributed by atoms with Gasteiger partial charge in [0, 0.05) is 24.9 Å². The second kappa shape index (κ2) is 5.22. The summed E-state index contributed by atoms with van der Waals surface area (Å²) in [5.41, 5.74) is 0.636. The summed E-state index contributed by atoms with van der Waals surface area (Å²) in [7, 11) is 0. The van der Waals surface area contributed by atoms with Crippen molar-refractivity contribution in [1.29, 1.82) is 0 Å². The number of carboxylic acid groups (broad SMARTS) is 1. The molecule has 3 fully saturated rings. The molecule has 2 aliphatic carbocycles. The number of H-pyrrole nitrogens is 1. The van der Waals surface area contributed by atoms with Crippen LogP contribution in [0.4, 0.5) is 13.2 Å². The number of aromatic nitrogens is 3. The van der Waals surface area contributed by atoms with Crippen LogP contribution in [-0.4, -0.2) is 45.5 Å². The Morgan fingerprint density at radius 3 is 2.23 bits per heavy atom. The first-order chi connectivity index (χ1) is 10.3. The Labute approximate surface area is 124 Å². The highest BCUT2D eigenvalue weighted by atomic mass is 19.4. The highest BCUT2D eigenvalue weighted by Gasteiger charge is 2.50. The predicted molar refractivity (Wildman–Crippen MR) is 69.3 cm³/mol. The van der Waals surface area contributed by atoms with Crippen molar-refractivity contribution >= 4 is 5.97 Å². The maximum absolute atomic E-state index is 10.6. The SMILES string of the molecule is C1CC1c1n[nH]c(C2CC3(CNC3)C2)n1.O=C(O)C(F)(F)F. The molecule has 9 heteroatoms. The minimum absolute atomic E-state index is 0.636. The first-order valence-electron chi connectivity index (χ1n) is 7.22. The van der Waals surface area contributed by atoms with Gasteiger partial charge in [-0.05, 0) is 31.1 Å². The van der Waals surface area contributed by atoms with Crippen LogP contribution in [0.15, 0.2) is 0 Å². The average Bonchev–Trinajstić information content (AvgIpc) is 3.05. The third-order valence-corrected chi connectivity index (χ3v) is 4.45. The molecule has 3 N–H and O–H groups in total. The van der Waals surface area contributed by atoms with Gasteiger partial charge in [-0.15, -0.1) is 0 Å². The zero-order chi connectivity index (χ0) is 16.0. The molecule has 0 bridgehead atoms. The van der Waals surface area contributed by atoms with Crippen molar-refractivity contribution in [2.24, 2.45) is 5.41 Å². The molecule has 2 heterocycles. The van der Waals surface area contributed by atoms with Crippen LogP contribution in [0, 0.1) is 5.41 Å². The van der Waals surface area contributed by atoms with Gasteiger partial charge >= 0.3 is 12.1 Å². The maximum atomic E-state index is 10.6. The Bertz CT molecular complexity index is 556. The standard InChI is InChI=1S/C11H16N4.C2HF3O2/c1-2-7(1)9-13-10(15-14-9)8-3-11(4-8)5-12-6-11;3-2(4,5)1(6)7/h7-8,12H,1-6H2,(H,13,14,15);(H,6,7). The lowest BCUT2D eigenvalue weighted by Gasteiger charge is -2.53. The van der Waals surface area contributed by atoms with Crippen LogP contribution in [0.1, 0.15) is 49.2 Å². The van der Waals surface area contributed by atoms with E-state index in [9.17, 15) is 13.2 Å². The van der Waals surface area contributed by atoms with Gasteiger partial charge in [0.05, 0.1) is 0 Å². The lowest BCUT2D eigenvalue weighted by atomic mass is 9.58. The monoisotopic (exact) mass is 318 g/mol. The number of nitrogens with zero attached hydrogens (tertiary/aromatic N) is 2. The summed E-state index contributed by atoms with van der Waals surface area (Å²) in [4.78, 5) is 13.5. The third kappa shape index (κ3) is 3.08. The van der Waals surface area contributed by atoms with Crippen molar-refractivity contribution < 1.29 is 23.1 Å². The van der Waals surface area contributed by atoms with Gasteiger partial charge in [-0.2, -0.15) is 18.3 Å². The molecule has 3 aliphatic rings. The van der Waals surface area contributed by atoms with Crippen molar-refractivity contribution in [1.82, 2.24) is 20.5 Å². The molecule has 0 amide bonds. The molecule has 1 saturated heterocycles. The van der Waals surface area contributed by atoms with Crippen molar-refractivity contribution in [3.05, 3.63) is 11.6 Å². The van der Waals surface area contributed by atoms with E-state index >= 15 is 0 Å². The van der Waals surface area contributed by atoms with Crippen LogP contribution in [0.5, 0.6) is 0 Å². The molecular formula is C13H17F3N4O2.